The molecular weight excluding hydrogens is 297 g/mol. The molecule has 0 radical (unpaired) electrons. The first kappa shape index (κ1) is 17.5. The summed E-state index contributed by atoms with van der Waals surface area (Å²) in [5, 5.41) is 0. The third kappa shape index (κ3) is 4.21. The Labute approximate surface area is 111 Å². The van der Waals surface area contributed by atoms with Crippen molar-refractivity contribution in [1.82, 2.24) is 0 Å². The zero-order valence-electron chi connectivity index (χ0n) is 10.5. The van der Waals surface area contributed by atoms with E-state index >= 15 is 0 Å². The van der Waals surface area contributed by atoms with E-state index in [9.17, 15) is 30.7 Å². The van der Waals surface area contributed by atoms with Crippen LogP contribution in [0.15, 0.2) is 0 Å². The second-order valence-electron chi connectivity index (χ2n) is 4.61. The summed E-state index contributed by atoms with van der Waals surface area (Å²) in [7, 11) is 0. The molecule has 1 aliphatic rings. The van der Waals surface area contributed by atoms with E-state index in [2.05, 4.69) is 4.74 Å². The summed E-state index contributed by atoms with van der Waals surface area (Å²) in [4.78, 5) is 0. The fourth-order valence-corrected chi connectivity index (χ4v) is 1.75. The van der Waals surface area contributed by atoms with Gasteiger partial charge in [-0.1, -0.05) is 0 Å². The summed E-state index contributed by atoms with van der Waals surface area (Å²) < 4.78 is 95.7. The molecule has 0 aliphatic carbocycles. The summed E-state index contributed by atoms with van der Waals surface area (Å²) in [6.45, 7) is -1.81. The number of hydrogen-bond donors (Lipinski definition) is 0. The number of rotatable bonds is 6. The molecule has 0 N–H and O–H groups in total. The molecular formula is C11H15F7O2. The van der Waals surface area contributed by atoms with Gasteiger partial charge < -0.3 is 9.47 Å². The molecule has 0 bridgehead atoms. The molecule has 0 spiro atoms. The molecule has 0 saturated carbocycles. The Kier molecular flexibility index (Phi) is 5.65. The zero-order chi connectivity index (χ0) is 15.4. The minimum atomic E-state index is -6.31. The van der Waals surface area contributed by atoms with Crippen molar-refractivity contribution in [1.29, 1.82) is 0 Å². The van der Waals surface area contributed by atoms with Crippen molar-refractivity contribution in [3.05, 3.63) is 0 Å². The summed E-state index contributed by atoms with van der Waals surface area (Å²) in [5.74, 6) is -11.4. The molecule has 1 atom stereocenters. The van der Waals surface area contributed by atoms with E-state index in [4.69, 9.17) is 4.74 Å². The summed E-state index contributed by atoms with van der Waals surface area (Å²) in [5.41, 5.74) is 0. The summed E-state index contributed by atoms with van der Waals surface area (Å²) >= 11 is 0. The van der Waals surface area contributed by atoms with Gasteiger partial charge in [-0.3, -0.25) is 0 Å². The lowest BCUT2D eigenvalue weighted by atomic mass is 10.1. The first-order valence-electron chi connectivity index (χ1n) is 6.09. The van der Waals surface area contributed by atoms with Gasteiger partial charge in [0.05, 0.1) is 6.10 Å². The second-order valence-corrected chi connectivity index (χ2v) is 4.61. The van der Waals surface area contributed by atoms with Crippen molar-refractivity contribution in [3.63, 3.8) is 0 Å². The SMILES string of the molecule is FC(F)(F)C(F)(F)C(F)(F)COCCC1CCCCO1. The van der Waals surface area contributed by atoms with Crippen LogP contribution in [0, 0.1) is 0 Å². The van der Waals surface area contributed by atoms with Gasteiger partial charge in [-0.2, -0.15) is 30.7 Å². The molecule has 1 rings (SSSR count). The van der Waals surface area contributed by atoms with Crippen LogP contribution in [0.5, 0.6) is 0 Å². The van der Waals surface area contributed by atoms with Crippen LogP contribution in [0.25, 0.3) is 0 Å². The molecule has 20 heavy (non-hydrogen) atoms. The van der Waals surface area contributed by atoms with E-state index in [0.29, 0.717) is 13.0 Å². The van der Waals surface area contributed by atoms with Gasteiger partial charge in [0.15, 0.2) is 0 Å². The largest absolute Gasteiger partial charge is 0.459 e. The third-order valence-corrected chi connectivity index (χ3v) is 2.96. The predicted octanol–water partition coefficient (Wildman–Crippen LogP) is 3.80. The first-order chi connectivity index (χ1) is 9.08. The van der Waals surface area contributed by atoms with Crippen molar-refractivity contribution in [2.75, 3.05) is 19.8 Å². The Balaban J connectivity index is 2.35. The minimum Gasteiger partial charge on any atom is -0.378 e. The quantitative estimate of drug-likeness (QED) is 0.549. The van der Waals surface area contributed by atoms with Crippen molar-refractivity contribution < 1.29 is 40.2 Å². The number of hydrogen-bond acceptors (Lipinski definition) is 2. The number of halogens is 7. The Bertz CT molecular complexity index is 298. The fraction of sp³-hybridized carbons (Fsp3) is 1.00. The molecule has 0 aromatic rings. The highest BCUT2D eigenvalue weighted by atomic mass is 19.4. The van der Waals surface area contributed by atoms with Gasteiger partial charge in [-0.05, 0) is 25.7 Å². The number of alkyl halides is 7. The van der Waals surface area contributed by atoms with Crippen LogP contribution in [-0.4, -0.2) is 43.9 Å². The van der Waals surface area contributed by atoms with Gasteiger partial charge in [0.1, 0.15) is 6.61 Å². The average molecular weight is 312 g/mol. The summed E-state index contributed by atoms with van der Waals surface area (Å²) in [6.07, 6.45) is -3.88. The molecule has 0 aromatic heterocycles. The molecule has 1 unspecified atom stereocenters. The predicted molar refractivity (Wildman–Crippen MR) is 55.0 cm³/mol. The third-order valence-electron chi connectivity index (χ3n) is 2.96. The molecule has 9 heteroatoms. The molecule has 0 aromatic carbocycles. The Hall–Kier alpha value is -0.570. The maximum Gasteiger partial charge on any atom is 0.459 e. The normalized spacial score (nSPS) is 22.1. The Morgan fingerprint density at radius 3 is 2.15 bits per heavy atom. The monoisotopic (exact) mass is 312 g/mol. The zero-order valence-corrected chi connectivity index (χ0v) is 10.5. The first-order valence-corrected chi connectivity index (χ1v) is 6.09. The second kappa shape index (κ2) is 6.46. The van der Waals surface area contributed by atoms with Crippen LogP contribution in [0.4, 0.5) is 30.7 Å². The van der Waals surface area contributed by atoms with Crippen LogP contribution in [0.3, 0.4) is 0 Å². The molecule has 1 saturated heterocycles. The molecule has 120 valence electrons. The lowest BCUT2D eigenvalue weighted by molar-refractivity contribution is -0.361. The van der Waals surface area contributed by atoms with Crippen LogP contribution in [0.1, 0.15) is 25.7 Å². The van der Waals surface area contributed by atoms with E-state index in [0.717, 1.165) is 12.8 Å². The highest BCUT2D eigenvalue weighted by Crippen LogP contribution is 2.46. The topological polar surface area (TPSA) is 18.5 Å². The van der Waals surface area contributed by atoms with Gasteiger partial charge >= 0.3 is 18.0 Å². The molecule has 1 fully saturated rings. The van der Waals surface area contributed by atoms with Gasteiger partial charge in [0.25, 0.3) is 0 Å². The highest BCUT2D eigenvalue weighted by Gasteiger charge is 2.72. The van der Waals surface area contributed by atoms with E-state index < -0.39 is 24.6 Å². The van der Waals surface area contributed by atoms with E-state index in [1.165, 1.54) is 0 Å². The maximum absolute atomic E-state index is 12.8. The summed E-state index contributed by atoms with van der Waals surface area (Å²) in [6, 6.07) is 0. The lowest BCUT2D eigenvalue weighted by Gasteiger charge is -2.28. The van der Waals surface area contributed by atoms with Crippen LogP contribution >= 0.6 is 0 Å². The smallest absolute Gasteiger partial charge is 0.378 e. The highest BCUT2D eigenvalue weighted by molar-refractivity contribution is 4.90. The Morgan fingerprint density at radius 2 is 1.65 bits per heavy atom. The maximum atomic E-state index is 12.8. The van der Waals surface area contributed by atoms with Gasteiger partial charge in [0.2, 0.25) is 0 Å². The van der Waals surface area contributed by atoms with E-state index in [1.807, 2.05) is 0 Å². The molecule has 0 amide bonds. The van der Waals surface area contributed by atoms with Crippen LogP contribution < -0.4 is 0 Å². The van der Waals surface area contributed by atoms with Crippen molar-refractivity contribution in [2.24, 2.45) is 0 Å². The molecule has 1 heterocycles. The molecule has 2 nitrogen and oxygen atoms in total. The average Bonchev–Trinajstić information content (AvgIpc) is 2.34. The van der Waals surface area contributed by atoms with Gasteiger partial charge in [-0.25, -0.2) is 0 Å². The van der Waals surface area contributed by atoms with Crippen molar-refractivity contribution in [2.45, 2.75) is 49.8 Å². The standard InChI is InChI=1S/C11H15F7O2/c12-9(13,10(14,15)11(16,17)18)7-19-6-4-8-3-1-2-5-20-8/h8H,1-7H2. The minimum absolute atomic E-state index is 0.188. The van der Waals surface area contributed by atoms with E-state index in [-0.39, 0.29) is 19.1 Å². The molecule has 1 aliphatic heterocycles. The van der Waals surface area contributed by atoms with Crippen molar-refractivity contribution in [3.8, 4) is 0 Å². The van der Waals surface area contributed by atoms with Crippen LogP contribution in [-0.2, 0) is 9.47 Å². The van der Waals surface area contributed by atoms with Gasteiger partial charge in [-0.15, -0.1) is 0 Å². The fourth-order valence-electron chi connectivity index (χ4n) is 1.75. The van der Waals surface area contributed by atoms with Crippen LogP contribution in [0.2, 0.25) is 0 Å². The number of ether oxygens (including phenoxy) is 2. The van der Waals surface area contributed by atoms with E-state index in [1.54, 1.807) is 0 Å². The van der Waals surface area contributed by atoms with Gasteiger partial charge in [0, 0.05) is 13.2 Å². The van der Waals surface area contributed by atoms with Crippen molar-refractivity contribution >= 4 is 0 Å². The lowest BCUT2D eigenvalue weighted by Crippen LogP contribution is -2.54. The Morgan fingerprint density at radius 1 is 1.00 bits per heavy atom.